The van der Waals surface area contributed by atoms with Crippen LogP contribution in [0.25, 0.3) is 0 Å². The first kappa shape index (κ1) is 28.6. The van der Waals surface area contributed by atoms with Crippen molar-refractivity contribution in [3.05, 3.63) is 47.5 Å². The van der Waals surface area contributed by atoms with Gasteiger partial charge in [-0.3, -0.25) is 14.4 Å². The monoisotopic (exact) mass is 548 g/mol. The van der Waals surface area contributed by atoms with Gasteiger partial charge in [0.2, 0.25) is 0 Å². The second-order valence-electron chi connectivity index (χ2n) is 13.2. The number of amides is 1. The van der Waals surface area contributed by atoms with Gasteiger partial charge in [0.25, 0.3) is 5.91 Å². The van der Waals surface area contributed by atoms with Gasteiger partial charge in [-0.25, -0.2) is 0 Å². The predicted octanol–water partition coefficient (Wildman–Crippen LogP) is 5.90. The van der Waals surface area contributed by atoms with Gasteiger partial charge in [0.05, 0.1) is 12.1 Å². The van der Waals surface area contributed by atoms with Gasteiger partial charge in [-0.05, 0) is 98.5 Å². The molecular formula is C33H44N2O5. The molecule has 1 aromatic rings. The Morgan fingerprint density at radius 1 is 1.05 bits per heavy atom. The van der Waals surface area contributed by atoms with E-state index in [1.54, 1.807) is 6.92 Å². The lowest BCUT2D eigenvalue weighted by molar-refractivity contribution is -0.137. The summed E-state index contributed by atoms with van der Waals surface area (Å²) in [4.78, 5) is 41.6. The van der Waals surface area contributed by atoms with Gasteiger partial charge in [0.15, 0.2) is 6.61 Å². The number of hydrogen-bond acceptors (Lipinski definition) is 5. The van der Waals surface area contributed by atoms with E-state index < -0.39 is 5.97 Å². The minimum atomic E-state index is -0.900. The van der Waals surface area contributed by atoms with Crippen LogP contribution in [0.5, 0.6) is 0 Å². The normalized spacial score (nSPS) is 34.6. The number of fused-ring (bicyclic) bond motifs is 5. The molecule has 0 aliphatic heterocycles. The molecule has 5 rings (SSSR count). The Balaban J connectivity index is 1.17. The molecule has 7 heteroatoms. The molecule has 216 valence electrons. The molecule has 0 radical (unpaired) electrons. The number of rotatable bonds is 9. The van der Waals surface area contributed by atoms with Crippen molar-refractivity contribution in [3.8, 4) is 0 Å². The highest BCUT2D eigenvalue weighted by Crippen LogP contribution is 2.66. The lowest BCUT2D eigenvalue weighted by atomic mass is 9.46. The first-order chi connectivity index (χ1) is 19.1. The Bertz CT molecular complexity index is 1190. The second kappa shape index (κ2) is 11.5. The van der Waals surface area contributed by atoms with Crippen molar-refractivity contribution in [1.82, 2.24) is 5.32 Å². The van der Waals surface area contributed by atoms with Crippen LogP contribution in [-0.2, 0) is 19.2 Å². The zero-order valence-electron chi connectivity index (χ0n) is 24.2. The molecule has 4 aliphatic carbocycles. The van der Waals surface area contributed by atoms with Crippen LogP contribution in [0, 0.1) is 34.5 Å². The third kappa shape index (κ3) is 5.48. The topological polar surface area (TPSA) is 105 Å². The van der Waals surface area contributed by atoms with E-state index in [9.17, 15) is 19.5 Å². The lowest BCUT2D eigenvalue weighted by Crippen LogP contribution is -2.51. The van der Waals surface area contributed by atoms with E-state index in [1.165, 1.54) is 24.8 Å². The smallest absolute Gasteiger partial charge is 0.304 e. The molecule has 1 amide bonds. The average Bonchev–Trinajstić information content (AvgIpc) is 3.29. The number of Topliss-reactive ketones (excluding diaryl/α,β-unsaturated/α-hetero) is 1. The number of carboxylic acid groups (broad SMARTS) is 1. The van der Waals surface area contributed by atoms with Crippen LogP contribution in [0.3, 0.4) is 0 Å². The molecule has 0 spiro atoms. The highest BCUT2D eigenvalue weighted by Gasteiger charge is 2.59. The highest BCUT2D eigenvalue weighted by atomic mass is 16.6. The number of aliphatic carboxylic acids is 1. The fraction of sp³-hybridized carbons (Fsp3) is 0.636. The first-order valence-corrected chi connectivity index (χ1v) is 15.1. The molecule has 0 heterocycles. The standard InChI is InChI=1S/C33H44N2O5/c1-21(36)27-11-12-28-26-10-9-24-18-25(13-15-32(24,2)29(26)14-16-33(27,28)3)35-40-20-30(37)34-19-23(17-31(38)39)22-7-5-4-6-8-22/h4-8,18,23,26-29H,9-17,19-20H2,1-3H3,(H,34,37)(H,38,39)/b35-25-/t23-,26-,27-,28+,29+,32-,33+/m0/s1. The molecule has 2 N–H and O–H groups in total. The van der Waals surface area contributed by atoms with Crippen molar-refractivity contribution in [2.24, 2.45) is 39.7 Å². The summed E-state index contributed by atoms with van der Waals surface area (Å²) in [7, 11) is 0. The number of hydrogen-bond donors (Lipinski definition) is 2. The summed E-state index contributed by atoms with van der Waals surface area (Å²) >= 11 is 0. The molecule has 0 aromatic heterocycles. The Kier molecular flexibility index (Phi) is 8.21. The van der Waals surface area contributed by atoms with Crippen LogP contribution >= 0.6 is 0 Å². The average molecular weight is 549 g/mol. The molecule has 1 aromatic carbocycles. The summed E-state index contributed by atoms with van der Waals surface area (Å²) in [5.74, 6) is 1.13. The van der Waals surface area contributed by atoms with Gasteiger partial charge < -0.3 is 15.3 Å². The highest BCUT2D eigenvalue weighted by molar-refractivity contribution is 5.96. The molecule has 3 saturated carbocycles. The summed E-state index contributed by atoms with van der Waals surface area (Å²) in [5.41, 5.74) is 3.59. The minimum Gasteiger partial charge on any atom is -0.481 e. The summed E-state index contributed by atoms with van der Waals surface area (Å²) in [5, 5.41) is 16.4. The fourth-order valence-corrected chi connectivity index (χ4v) is 9.02. The van der Waals surface area contributed by atoms with E-state index in [0.717, 1.165) is 43.4 Å². The van der Waals surface area contributed by atoms with Crippen molar-refractivity contribution in [2.75, 3.05) is 13.2 Å². The summed E-state index contributed by atoms with van der Waals surface area (Å²) < 4.78 is 0. The van der Waals surface area contributed by atoms with Gasteiger partial charge in [-0.15, -0.1) is 0 Å². The number of carbonyl (C=O) groups excluding carboxylic acids is 2. The number of oxime groups is 1. The molecule has 3 fully saturated rings. The zero-order valence-corrected chi connectivity index (χ0v) is 24.2. The Morgan fingerprint density at radius 3 is 2.55 bits per heavy atom. The maximum atomic E-state index is 12.4. The van der Waals surface area contributed by atoms with Crippen LogP contribution in [0.4, 0.5) is 0 Å². The van der Waals surface area contributed by atoms with E-state index in [-0.39, 0.29) is 48.1 Å². The molecule has 40 heavy (non-hydrogen) atoms. The number of benzene rings is 1. The van der Waals surface area contributed by atoms with Gasteiger partial charge >= 0.3 is 5.97 Å². The molecule has 0 saturated heterocycles. The third-order valence-corrected chi connectivity index (χ3v) is 11.1. The lowest BCUT2D eigenvalue weighted by Gasteiger charge is -2.58. The van der Waals surface area contributed by atoms with Crippen LogP contribution in [0.15, 0.2) is 47.1 Å². The van der Waals surface area contributed by atoms with E-state index >= 15 is 0 Å². The van der Waals surface area contributed by atoms with E-state index in [1.807, 2.05) is 30.3 Å². The third-order valence-electron chi connectivity index (χ3n) is 11.1. The van der Waals surface area contributed by atoms with Crippen molar-refractivity contribution < 1.29 is 24.3 Å². The van der Waals surface area contributed by atoms with E-state index in [0.29, 0.717) is 23.5 Å². The number of nitrogens with one attached hydrogen (secondary N) is 1. The van der Waals surface area contributed by atoms with Gasteiger partial charge in [-0.2, -0.15) is 0 Å². The number of allylic oxidation sites excluding steroid dienone is 2. The molecular weight excluding hydrogens is 504 g/mol. The van der Waals surface area contributed by atoms with Gasteiger partial charge in [0, 0.05) is 18.4 Å². The second-order valence-corrected chi connectivity index (χ2v) is 13.2. The minimum absolute atomic E-state index is 0.0566. The Morgan fingerprint density at radius 2 is 1.82 bits per heavy atom. The summed E-state index contributed by atoms with van der Waals surface area (Å²) in [6, 6.07) is 9.37. The van der Waals surface area contributed by atoms with Gasteiger partial charge in [-0.1, -0.05) is 54.9 Å². The summed E-state index contributed by atoms with van der Waals surface area (Å²) in [6.07, 6.45) is 10.9. The van der Waals surface area contributed by atoms with Crippen LogP contribution < -0.4 is 5.32 Å². The fourth-order valence-electron chi connectivity index (χ4n) is 9.02. The molecule has 7 nitrogen and oxygen atoms in total. The number of nitrogens with zero attached hydrogens (tertiary/aromatic N) is 1. The maximum Gasteiger partial charge on any atom is 0.304 e. The number of carbonyl (C=O) groups is 3. The molecule has 4 aliphatic rings. The first-order valence-electron chi connectivity index (χ1n) is 15.1. The van der Waals surface area contributed by atoms with Crippen LogP contribution in [0.2, 0.25) is 0 Å². The molecule has 0 unspecified atom stereocenters. The van der Waals surface area contributed by atoms with Crippen LogP contribution in [0.1, 0.15) is 90.0 Å². The zero-order chi connectivity index (χ0) is 28.5. The van der Waals surface area contributed by atoms with Crippen LogP contribution in [-0.4, -0.2) is 41.6 Å². The number of ketones is 1. The Labute approximate surface area is 237 Å². The maximum absolute atomic E-state index is 12.4. The van der Waals surface area contributed by atoms with Crippen molar-refractivity contribution in [2.45, 2.75) is 84.5 Å². The predicted molar refractivity (Wildman–Crippen MR) is 154 cm³/mol. The molecule has 7 atom stereocenters. The number of carboxylic acids is 1. The van der Waals surface area contributed by atoms with Crippen molar-refractivity contribution in [3.63, 3.8) is 0 Å². The van der Waals surface area contributed by atoms with E-state index in [4.69, 9.17) is 4.84 Å². The SMILES string of the molecule is CC(=O)[C@@H]1CC[C@@H]2[C@@H]3CCC4=C/C(=N\OCC(=O)NC[C@H](CC(=O)O)c5ccccc5)CC[C@]4(C)[C@@H]3CC[C@@]21C. The van der Waals surface area contributed by atoms with E-state index in [2.05, 4.69) is 30.4 Å². The quantitative estimate of drug-likeness (QED) is 0.374. The Hall–Kier alpha value is -2.96. The van der Waals surface area contributed by atoms with Gasteiger partial charge in [0.1, 0.15) is 5.78 Å². The van der Waals surface area contributed by atoms with Crippen molar-refractivity contribution >= 4 is 23.4 Å². The molecule has 0 bridgehead atoms. The summed E-state index contributed by atoms with van der Waals surface area (Å²) in [6.45, 7) is 6.67. The largest absolute Gasteiger partial charge is 0.481 e. The van der Waals surface area contributed by atoms with Crippen molar-refractivity contribution in [1.29, 1.82) is 0 Å².